The fourth-order valence-electron chi connectivity index (χ4n) is 1.43. The van der Waals surface area contributed by atoms with Crippen molar-refractivity contribution in [3.8, 4) is 0 Å². The molecule has 1 heterocycles. The molecule has 0 unspecified atom stereocenters. The van der Waals surface area contributed by atoms with Crippen LogP contribution in [0.2, 0.25) is 0 Å². The Morgan fingerprint density at radius 3 is 2.77 bits per heavy atom. The van der Waals surface area contributed by atoms with Crippen molar-refractivity contribution in [2.75, 3.05) is 13.1 Å². The molecule has 0 saturated carbocycles. The Bertz CT molecular complexity index is 153. The average Bonchev–Trinajstić information content (AvgIpc) is 2.16. The van der Waals surface area contributed by atoms with Gasteiger partial charge in [-0.2, -0.15) is 0 Å². The van der Waals surface area contributed by atoms with Gasteiger partial charge in [-0.3, -0.25) is 4.79 Å². The molecule has 13 heavy (non-hydrogen) atoms. The molecular weight excluding hydrogens is 166 g/mol. The van der Waals surface area contributed by atoms with Gasteiger partial charge in [0.05, 0.1) is 0 Å². The zero-order chi connectivity index (χ0) is 9.52. The minimum absolute atomic E-state index is 0.0597. The fraction of sp³-hybridized carbons (Fsp3) is 0.800. The van der Waals surface area contributed by atoms with E-state index in [1.165, 1.54) is 0 Å². The molecule has 1 aliphatic rings. The van der Waals surface area contributed by atoms with Crippen LogP contribution in [0.15, 0.2) is 0 Å². The molecule has 3 heteroatoms. The quantitative estimate of drug-likeness (QED) is 0.669. The van der Waals surface area contributed by atoms with Crippen molar-refractivity contribution in [3.63, 3.8) is 0 Å². The summed E-state index contributed by atoms with van der Waals surface area (Å²) in [6, 6.07) is 0. The number of carbonyl (C=O) groups excluding carboxylic acids is 1. The topological polar surface area (TPSA) is 38.3 Å². The monoisotopic (exact) mass is 184 g/mol. The first kappa shape index (κ1) is 10.5. The summed E-state index contributed by atoms with van der Waals surface area (Å²) >= 11 is 0. The number of carbonyl (C=O) groups is 1. The lowest BCUT2D eigenvalue weighted by atomic mass is 10.1. The molecule has 1 aliphatic heterocycles. The minimum atomic E-state index is -0.0597. The smallest absolute Gasteiger partial charge is 0.306 e. The second kappa shape index (κ2) is 5.97. The molecule has 75 valence electrons. The molecule has 0 aliphatic carbocycles. The van der Waals surface area contributed by atoms with Crippen LogP contribution in [0, 0.1) is 6.92 Å². The summed E-state index contributed by atoms with van der Waals surface area (Å²) in [4.78, 5) is 11.2. The molecule has 0 atom stereocenters. The van der Waals surface area contributed by atoms with E-state index >= 15 is 0 Å². The Balaban J connectivity index is 2.11. The highest BCUT2D eigenvalue weighted by Gasteiger charge is 2.16. The Morgan fingerprint density at radius 2 is 2.15 bits per heavy atom. The van der Waals surface area contributed by atoms with Crippen LogP contribution in [-0.2, 0) is 9.53 Å². The number of esters is 1. The number of unbranched alkanes of at least 4 members (excludes halogenated alkanes) is 1. The second-order valence-corrected chi connectivity index (χ2v) is 3.40. The summed E-state index contributed by atoms with van der Waals surface area (Å²) in [6.45, 7) is 5.62. The van der Waals surface area contributed by atoms with E-state index in [-0.39, 0.29) is 12.1 Å². The van der Waals surface area contributed by atoms with E-state index in [4.69, 9.17) is 4.74 Å². The molecule has 0 aromatic carbocycles. The third-order valence-corrected chi connectivity index (χ3v) is 2.22. The zero-order valence-corrected chi connectivity index (χ0v) is 8.05. The molecular formula is C10H18NO2. The van der Waals surface area contributed by atoms with Gasteiger partial charge in [-0.15, -0.1) is 0 Å². The molecule has 0 spiro atoms. The maximum Gasteiger partial charge on any atom is 0.306 e. The molecule has 1 saturated heterocycles. The third kappa shape index (κ3) is 4.27. The Labute approximate surface area is 79.8 Å². The van der Waals surface area contributed by atoms with Gasteiger partial charge in [0.1, 0.15) is 6.10 Å². The van der Waals surface area contributed by atoms with E-state index in [9.17, 15) is 4.79 Å². The number of nitrogens with one attached hydrogen (secondary N) is 1. The van der Waals surface area contributed by atoms with Crippen LogP contribution < -0.4 is 5.32 Å². The van der Waals surface area contributed by atoms with Crippen LogP contribution in [0.1, 0.15) is 32.1 Å². The van der Waals surface area contributed by atoms with Gasteiger partial charge < -0.3 is 10.1 Å². The molecule has 0 amide bonds. The van der Waals surface area contributed by atoms with Gasteiger partial charge in [0.15, 0.2) is 0 Å². The van der Waals surface area contributed by atoms with Gasteiger partial charge in [0.25, 0.3) is 0 Å². The van der Waals surface area contributed by atoms with Gasteiger partial charge in [-0.05, 0) is 32.4 Å². The van der Waals surface area contributed by atoms with Crippen LogP contribution in [0.4, 0.5) is 0 Å². The molecule has 1 radical (unpaired) electrons. The Kier molecular flexibility index (Phi) is 4.83. The van der Waals surface area contributed by atoms with E-state index in [1.54, 1.807) is 0 Å². The molecule has 3 nitrogen and oxygen atoms in total. The van der Waals surface area contributed by atoms with Crippen molar-refractivity contribution in [1.29, 1.82) is 0 Å². The van der Waals surface area contributed by atoms with Crippen molar-refractivity contribution in [2.45, 2.75) is 38.2 Å². The van der Waals surface area contributed by atoms with E-state index in [0.717, 1.165) is 38.8 Å². The highest BCUT2D eigenvalue weighted by molar-refractivity contribution is 5.69. The van der Waals surface area contributed by atoms with Crippen molar-refractivity contribution < 1.29 is 9.53 Å². The predicted molar refractivity (Wildman–Crippen MR) is 51.2 cm³/mol. The second-order valence-electron chi connectivity index (χ2n) is 3.40. The van der Waals surface area contributed by atoms with E-state index in [2.05, 4.69) is 12.2 Å². The number of piperidine rings is 1. The molecule has 1 N–H and O–H groups in total. The predicted octanol–water partition coefficient (Wildman–Crippen LogP) is 1.29. The maximum absolute atomic E-state index is 11.2. The first-order valence-electron chi connectivity index (χ1n) is 5.02. The van der Waals surface area contributed by atoms with Crippen molar-refractivity contribution >= 4 is 5.97 Å². The first-order valence-corrected chi connectivity index (χ1v) is 5.02. The normalized spacial score (nSPS) is 18.5. The summed E-state index contributed by atoms with van der Waals surface area (Å²) in [5.74, 6) is -0.0597. The van der Waals surface area contributed by atoms with Crippen LogP contribution in [0.5, 0.6) is 0 Å². The van der Waals surface area contributed by atoms with E-state index < -0.39 is 0 Å². The van der Waals surface area contributed by atoms with Crippen molar-refractivity contribution in [2.24, 2.45) is 0 Å². The van der Waals surface area contributed by atoms with Gasteiger partial charge in [0, 0.05) is 6.42 Å². The first-order chi connectivity index (χ1) is 6.33. The van der Waals surface area contributed by atoms with Gasteiger partial charge in [0.2, 0.25) is 0 Å². The molecule has 0 bridgehead atoms. The summed E-state index contributed by atoms with van der Waals surface area (Å²) in [6.07, 6.45) is 4.23. The van der Waals surface area contributed by atoms with Crippen LogP contribution >= 0.6 is 0 Å². The summed E-state index contributed by atoms with van der Waals surface area (Å²) < 4.78 is 5.29. The Morgan fingerprint density at radius 1 is 1.46 bits per heavy atom. The summed E-state index contributed by atoms with van der Waals surface area (Å²) in [5, 5.41) is 3.23. The number of rotatable bonds is 4. The largest absolute Gasteiger partial charge is 0.462 e. The van der Waals surface area contributed by atoms with Crippen LogP contribution in [0.3, 0.4) is 0 Å². The number of hydrogen-bond donors (Lipinski definition) is 1. The minimum Gasteiger partial charge on any atom is -0.462 e. The van der Waals surface area contributed by atoms with Crippen LogP contribution in [0.25, 0.3) is 0 Å². The van der Waals surface area contributed by atoms with Gasteiger partial charge >= 0.3 is 5.97 Å². The summed E-state index contributed by atoms with van der Waals surface area (Å²) in [5.41, 5.74) is 0. The lowest BCUT2D eigenvalue weighted by Crippen LogP contribution is -2.33. The van der Waals surface area contributed by atoms with Crippen LogP contribution in [-0.4, -0.2) is 25.2 Å². The highest BCUT2D eigenvalue weighted by atomic mass is 16.5. The molecule has 0 aromatic heterocycles. The molecule has 0 aromatic rings. The highest BCUT2D eigenvalue weighted by Crippen LogP contribution is 2.09. The molecule has 1 rings (SSSR count). The lowest BCUT2D eigenvalue weighted by molar-refractivity contribution is -0.150. The van der Waals surface area contributed by atoms with Gasteiger partial charge in [-0.1, -0.05) is 13.3 Å². The molecule has 1 fully saturated rings. The zero-order valence-electron chi connectivity index (χ0n) is 8.05. The average molecular weight is 184 g/mol. The third-order valence-electron chi connectivity index (χ3n) is 2.22. The van der Waals surface area contributed by atoms with E-state index in [1.807, 2.05) is 0 Å². The van der Waals surface area contributed by atoms with Crippen molar-refractivity contribution in [1.82, 2.24) is 5.32 Å². The SMILES string of the molecule is [CH2]CCCC(=O)OC1CCNCC1. The van der Waals surface area contributed by atoms with Crippen molar-refractivity contribution in [3.05, 3.63) is 6.92 Å². The standard InChI is InChI=1S/C10H18NO2/c1-2-3-4-10(12)13-9-5-7-11-8-6-9/h9,11H,1-8H2. The number of hydrogen-bond acceptors (Lipinski definition) is 3. The number of ether oxygens (including phenoxy) is 1. The Hall–Kier alpha value is -0.570. The maximum atomic E-state index is 11.2. The summed E-state index contributed by atoms with van der Waals surface area (Å²) in [7, 11) is 0. The lowest BCUT2D eigenvalue weighted by Gasteiger charge is -2.22. The fourth-order valence-corrected chi connectivity index (χ4v) is 1.43. The van der Waals surface area contributed by atoms with E-state index in [0.29, 0.717) is 6.42 Å². The van der Waals surface area contributed by atoms with Gasteiger partial charge in [-0.25, -0.2) is 0 Å².